The largest absolute Gasteiger partial charge is 0.507 e. The lowest BCUT2D eigenvalue weighted by Gasteiger charge is -2.15. The molecule has 26 heavy (non-hydrogen) atoms. The number of aliphatic hydroxyl groups excluding tert-OH is 1. The number of aliphatic hydroxyl groups is 1. The van der Waals surface area contributed by atoms with Gasteiger partial charge in [0.2, 0.25) is 5.43 Å². The van der Waals surface area contributed by atoms with Gasteiger partial charge in [0.1, 0.15) is 28.1 Å². The van der Waals surface area contributed by atoms with Crippen molar-refractivity contribution in [1.29, 1.82) is 0 Å². The summed E-state index contributed by atoms with van der Waals surface area (Å²) in [6.07, 6.45) is 0.0842. The number of aromatic hydroxyl groups is 1. The lowest BCUT2D eigenvalue weighted by atomic mass is 9.97. The maximum atomic E-state index is 13.1. The molecule has 1 heterocycles. The summed E-state index contributed by atoms with van der Waals surface area (Å²) in [6, 6.07) is 4.57. The molecule has 0 radical (unpaired) electrons. The van der Waals surface area contributed by atoms with Crippen molar-refractivity contribution in [1.82, 2.24) is 0 Å². The minimum atomic E-state index is -0.754. The molecular formula is C19H18O7. The van der Waals surface area contributed by atoms with Crippen LogP contribution >= 0.6 is 0 Å². The topological polar surface area (TPSA) is 106 Å². The number of phenolic OH excluding ortho intramolecular Hbond substituents is 1. The Morgan fingerprint density at radius 2 is 1.85 bits per heavy atom. The highest BCUT2D eigenvalue weighted by atomic mass is 16.5. The fourth-order valence-electron chi connectivity index (χ4n) is 3.14. The Morgan fingerprint density at radius 3 is 2.46 bits per heavy atom. The van der Waals surface area contributed by atoms with E-state index in [0.29, 0.717) is 11.3 Å². The Hall–Kier alpha value is -3.06. The van der Waals surface area contributed by atoms with Crippen molar-refractivity contribution in [2.24, 2.45) is 0 Å². The minimum absolute atomic E-state index is 0.0200. The number of aryl methyl sites for hydroxylation is 1. The molecule has 0 fully saturated rings. The van der Waals surface area contributed by atoms with E-state index in [9.17, 15) is 19.8 Å². The lowest BCUT2D eigenvalue weighted by molar-refractivity contribution is 0.0601. The molecule has 0 aliphatic heterocycles. The van der Waals surface area contributed by atoms with Crippen molar-refractivity contribution in [3.05, 3.63) is 45.1 Å². The molecule has 3 rings (SSSR count). The third kappa shape index (κ3) is 2.66. The molecule has 0 amide bonds. The van der Waals surface area contributed by atoms with Crippen molar-refractivity contribution >= 4 is 27.9 Å². The monoisotopic (exact) mass is 358 g/mol. The zero-order valence-corrected chi connectivity index (χ0v) is 14.6. The Morgan fingerprint density at radius 1 is 1.15 bits per heavy atom. The van der Waals surface area contributed by atoms with Gasteiger partial charge < -0.3 is 24.1 Å². The average Bonchev–Trinajstić information content (AvgIpc) is 2.60. The van der Waals surface area contributed by atoms with Crippen LogP contribution in [0.5, 0.6) is 11.5 Å². The van der Waals surface area contributed by atoms with Crippen molar-refractivity contribution in [3.63, 3.8) is 0 Å². The summed E-state index contributed by atoms with van der Waals surface area (Å²) in [4.78, 5) is 25.5. The van der Waals surface area contributed by atoms with Gasteiger partial charge in [-0.2, -0.15) is 0 Å². The molecule has 0 atom stereocenters. The number of hydrogen-bond acceptors (Lipinski definition) is 7. The predicted octanol–water partition coefficient (Wildman–Crippen LogP) is 2.29. The SMILES string of the molecule is COC(=O)c1c(CCO)c(OC)cc2oc3cc(C)cc(O)c3c(=O)c12. The molecule has 136 valence electrons. The van der Waals surface area contributed by atoms with E-state index in [1.165, 1.54) is 26.4 Å². The smallest absolute Gasteiger partial charge is 0.339 e. The number of esters is 1. The van der Waals surface area contributed by atoms with E-state index in [2.05, 4.69) is 0 Å². The fraction of sp³-hybridized carbons (Fsp3) is 0.263. The fourth-order valence-corrected chi connectivity index (χ4v) is 3.14. The van der Waals surface area contributed by atoms with Crippen molar-refractivity contribution in [3.8, 4) is 11.5 Å². The van der Waals surface area contributed by atoms with E-state index in [0.717, 1.165) is 5.56 Å². The van der Waals surface area contributed by atoms with Gasteiger partial charge in [0.25, 0.3) is 0 Å². The highest BCUT2D eigenvalue weighted by Gasteiger charge is 2.25. The Balaban J connectivity index is 2.59. The maximum absolute atomic E-state index is 13.1. The van der Waals surface area contributed by atoms with E-state index in [1.807, 2.05) is 0 Å². The second-order valence-electron chi connectivity index (χ2n) is 5.86. The molecule has 0 aliphatic rings. The second kappa shape index (κ2) is 6.68. The van der Waals surface area contributed by atoms with Crippen LogP contribution < -0.4 is 10.2 Å². The molecule has 3 aromatic rings. The number of carbonyl (C=O) groups excluding carboxylic acids is 1. The molecule has 0 bridgehead atoms. The summed E-state index contributed by atoms with van der Waals surface area (Å²) in [5.41, 5.74) is 0.800. The molecule has 2 N–H and O–H groups in total. The third-order valence-electron chi connectivity index (χ3n) is 4.23. The Bertz CT molecular complexity index is 1080. The highest BCUT2D eigenvalue weighted by molar-refractivity contribution is 6.08. The molecule has 0 unspecified atom stereocenters. The summed E-state index contributed by atoms with van der Waals surface area (Å²) in [5, 5.41) is 19.5. The number of rotatable bonds is 4. The molecule has 7 nitrogen and oxygen atoms in total. The van der Waals surface area contributed by atoms with E-state index >= 15 is 0 Å². The number of carbonyl (C=O) groups is 1. The number of phenols is 1. The molecule has 0 spiro atoms. The molecular weight excluding hydrogens is 340 g/mol. The van der Waals surface area contributed by atoms with Crippen LogP contribution in [0.2, 0.25) is 0 Å². The molecule has 1 aromatic heterocycles. The molecule has 0 saturated heterocycles. The van der Waals surface area contributed by atoms with Crippen molar-refractivity contribution in [2.75, 3.05) is 20.8 Å². The first-order chi connectivity index (χ1) is 12.4. The van der Waals surface area contributed by atoms with Gasteiger partial charge >= 0.3 is 5.97 Å². The van der Waals surface area contributed by atoms with Crippen LogP contribution in [0.1, 0.15) is 21.5 Å². The minimum Gasteiger partial charge on any atom is -0.507 e. The lowest BCUT2D eigenvalue weighted by Crippen LogP contribution is -2.15. The van der Waals surface area contributed by atoms with Crippen LogP contribution in [0, 0.1) is 6.92 Å². The van der Waals surface area contributed by atoms with E-state index in [4.69, 9.17) is 13.9 Å². The van der Waals surface area contributed by atoms with Crippen LogP contribution in [-0.4, -0.2) is 37.0 Å². The number of hydrogen-bond donors (Lipinski definition) is 2. The summed E-state index contributed by atoms with van der Waals surface area (Å²) < 4.78 is 15.9. The summed E-state index contributed by atoms with van der Waals surface area (Å²) >= 11 is 0. The van der Waals surface area contributed by atoms with Crippen LogP contribution in [0.3, 0.4) is 0 Å². The van der Waals surface area contributed by atoms with Gasteiger partial charge in [-0.25, -0.2) is 4.79 Å². The molecule has 0 saturated carbocycles. The van der Waals surface area contributed by atoms with Crippen LogP contribution in [-0.2, 0) is 11.2 Å². The van der Waals surface area contributed by atoms with Gasteiger partial charge in [0.05, 0.1) is 25.2 Å². The van der Waals surface area contributed by atoms with E-state index in [-0.39, 0.29) is 46.3 Å². The first kappa shape index (κ1) is 17.8. The molecule has 0 aliphatic carbocycles. The van der Waals surface area contributed by atoms with E-state index < -0.39 is 11.4 Å². The number of methoxy groups -OCH3 is 2. The zero-order chi connectivity index (χ0) is 19.0. The van der Waals surface area contributed by atoms with Crippen LogP contribution in [0.15, 0.2) is 27.4 Å². The predicted molar refractivity (Wildman–Crippen MR) is 95.1 cm³/mol. The second-order valence-corrected chi connectivity index (χ2v) is 5.86. The first-order valence-electron chi connectivity index (χ1n) is 7.92. The first-order valence-corrected chi connectivity index (χ1v) is 7.92. The van der Waals surface area contributed by atoms with Gasteiger partial charge in [0, 0.05) is 24.7 Å². The normalized spacial score (nSPS) is 11.1. The van der Waals surface area contributed by atoms with Gasteiger partial charge in [-0.1, -0.05) is 0 Å². The molecule has 7 heteroatoms. The summed E-state index contributed by atoms with van der Waals surface area (Å²) in [7, 11) is 2.61. The standard InChI is InChI=1S/C19H18O7/c1-9-6-11(21)16-13(7-9)26-14-8-12(24-2)10(4-5-20)15(19(23)25-3)17(14)18(16)22/h6-8,20-21H,4-5H2,1-3H3. The Kier molecular flexibility index (Phi) is 4.56. The number of fused-ring (bicyclic) bond motifs is 2. The van der Waals surface area contributed by atoms with Gasteiger partial charge in [0.15, 0.2) is 0 Å². The van der Waals surface area contributed by atoms with Crippen LogP contribution in [0.4, 0.5) is 0 Å². The van der Waals surface area contributed by atoms with Gasteiger partial charge in [-0.05, 0) is 24.6 Å². The number of benzene rings is 2. The molecule has 2 aromatic carbocycles. The summed E-state index contributed by atoms with van der Waals surface area (Å²) in [6.45, 7) is 1.50. The van der Waals surface area contributed by atoms with Gasteiger partial charge in [-0.15, -0.1) is 0 Å². The zero-order valence-electron chi connectivity index (χ0n) is 14.6. The van der Waals surface area contributed by atoms with E-state index in [1.54, 1.807) is 13.0 Å². The average molecular weight is 358 g/mol. The summed E-state index contributed by atoms with van der Waals surface area (Å²) in [5.74, 6) is -0.687. The van der Waals surface area contributed by atoms with Crippen molar-refractivity contribution in [2.45, 2.75) is 13.3 Å². The quantitative estimate of drug-likeness (QED) is 0.544. The Labute approximate surface area is 148 Å². The van der Waals surface area contributed by atoms with Crippen molar-refractivity contribution < 1.29 is 28.9 Å². The third-order valence-corrected chi connectivity index (χ3v) is 4.23. The van der Waals surface area contributed by atoms with Gasteiger partial charge in [-0.3, -0.25) is 4.79 Å². The number of ether oxygens (including phenoxy) is 2. The maximum Gasteiger partial charge on any atom is 0.339 e. The highest BCUT2D eigenvalue weighted by Crippen LogP contribution is 2.34. The van der Waals surface area contributed by atoms with Crippen LogP contribution in [0.25, 0.3) is 21.9 Å².